The highest BCUT2D eigenvalue weighted by molar-refractivity contribution is 7.83. The number of benzene rings is 1. The van der Waals surface area contributed by atoms with Gasteiger partial charge in [0.2, 0.25) is 0 Å². The van der Waals surface area contributed by atoms with Gasteiger partial charge in [0.15, 0.2) is 0 Å². The third-order valence-electron chi connectivity index (χ3n) is 4.01. The molecule has 0 aromatic heterocycles. The van der Waals surface area contributed by atoms with Crippen molar-refractivity contribution in [2.24, 2.45) is 0 Å². The van der Waals surface area contributed by atoms with Crippen molar-refractivity contribution in [2.75, 3.05) is 20.2 Å². The Bertz CT molecular complexity index is 589. The van der Waals surface area contributed by atoms with Gasteiger partial charge in [-0.15, -0.1) is 0 Å². The molecule has 0 saturated carbocycles. The van der Waals surface area contributed by atoms with Crippen LogP contribution in [-0.2, 0) is 20.5 Å². The summed E-state index contributed by atoms with van der Waals surface area (Å²) in [5.41, 5.74) is -0.579. The molecule has 23 heavy (non-hydrogen) atoms. The first kappa shape index (κ1) is 17.9. The molecule has 1 aromatic carbocycles. The van der Waals surface area contributed by atoms with Crippen LogP contribution in [0.15, 0.2) is 29.2 Å². The molecule has 0 amide bonds. The second kappa shape index (κ2) is 6.59. The normalized spacial score (nSPS) is 19.0. The Hall–Kier alpha value is -1.44. The number of nitrogens with zero attached hydrogens (tertiary/aromatic N) is 1. The quantitative estimate of drug-likeness (QED) is 0.793. The van der Waals surface area contributed by atoms with E-state index in [1.807, 2.05) is 0 Å². The zero-order chi connectivity index (χ0) is 17.3. The van der Waals surface area contributed by atoms with Gasteiger partial charge in [-0.3, -0.25) is 9.69 Å². The van der Waals surface area contributed by atoms with Crippen LogP contribution in [0.25, 0.3) is 0 Å². The molecule has 1 fully saturated rings. The molecule has 2 N–H and O–H groups in total. The summed E-state index contributed by atoms with van der Waals surface area (Å²) in [6.07, 6.45) is 0.167. The van der Waals surface area contributed by atoms with Gasteiger partial charge in [0.25, 0.3) is 0 Å². The third kappa shape index (κ3) is 4.31. The minimum absolute atomic E-state index is 0.0126. The van der Waals surface area contributed by atoms with Crippen LogP contribution < -0.4 is 4.72 Å². The summed E-state index contributed by atoms with van der Waals surface area (Å²) in [5.74, 6) is -0.202. The summed E-state index contributed by atoms with van der Waals surface area (Å²) in [5, 5.41) is 9.32. The third-order valence-corrected chi connectivity index (χ3v) is 5.32. The Morgan fingerprint density at radius 1 is 1.35 bits per heavy atom. The molecule has 7 heteroatoms. The molecule has 1 heterocycles. The Labute approximate surface area is 139 Å². The maximum absolute atomic E-state index is 12.5. The molecule has 1 aromatic rings. The van der Waals surface area contributed by atoms with Gasteiger partial charge in [-0.25, -0.2) is 8.93 Å². The van der Waals surface area contributed by atoms with Crippen molar-refractivity contribution in [1.29, 1.82) is 0 Å². The number of ether oxygens (including phenoxy) is 1. The molecule has 0 spiro atoms. The fraction of sp³-hybridized carbons (Fsp3) is 0.562. The smallest absolute Gasteiger partial charge is 0.307 e. The lowest BCUT2D eigenvalue weighted by Crippen LogP contribution is -2.73. The first-order chi connectivity index (χ1) is 10.6. The Morgan fingerprint density at radius 2 is 1.91 bits per heavy atom. The largest absolute Gasteiger partial charge is 0.508 e. The first-order valence-electron chi connectivity index (χ1n) is 7.46. The van der Waals surface area contributed by atoms with Crippen LogP contribution in [0, 0.1) is 0 Å². The van der Waals surface area contributed by atoms with Crippen LogP contribution >= 0.6 is 0 Å². The number of esters is 1. The van der Waals surface area contributed by atoms with Crippen molar-refractivity contribution < 1.29 is 18.8 Å². The van der Waals surface area contributed by atoms with E-state index < -0.39 is 16.5 Å². The number of carbonyl (C=O) groups is 1. The fourth-order valence-electron chi connectivity index (χ4n) is 2.54. The van der Waals surface area contributed by atoms with E-state index in [1.54, 1.807) is 12.1 Å². The molecule has 1 atom stereocenters. The molecular formula is C16H24N2O4S. The topological polar surface area (TPSA) is 78.9 Å². The lowest BCUT2D eigenvalue weighted by atomic mass is 9.83. The first-order valence-corrected chi connectivity index (χ1v) is 8.61. The van der Waals surface area contributed by atoms with E-state index in [0.717, 1.165) is 0 Å². The van der Waals surface area contributed by atoms with Gasteiger partial charge in [0.05, 0.1) is 24.0 Å². The number of rotatable bonds is 5. The number of carbonyl (C=O) groups excluding carboxylic acids is 1. The predicted molar refractivity (Wildman–Crippen MR) is 88.3 cm³/mol. The van der Waals surface area contributed by atoms with Gasteiger partial charge < -0.3 is 9.84 Å². The molecule has 0 radical (unpaired) electrons. The zero-order valence-electron chi connectivity index (χ0n) is 14.0. The summed E-state index contributed by atoms with van der Waals surface area (Å²) < 4.78 is 20.4. The summed E-state index contributed by atoms with van der Waals surface area (Å²) in [7, 11) is -0.111. The molecule has 1 saturated heterocycles. The molecule has 1 aliphatic heterocycles. The molecule has 0 bridgehead atoms. The van der Waals surface area contributed by atoms with Crippen LogP contribution in [0.5, 0.6) is 5.75 Å². The minimum Gasteiger partial charge on any atom is -0.508 e. The zero-order valence-corrected chi connectivity index (χ0v) is 14.8. The number of phenols is 1. The highest BCUT2D eigenvalue weighted by Gasteiger charge is 2.49. The fourth-order valence-corrected chi connectivity index (χ4v) is 3.64. The maximum atomic E-state index is 12.5. The number of likely N-dealkylation sites (tertiary alicyclic amines) is 1. The number of aromatic hydroxyl groups is 1. The van der Waals surface area contributed by atoms with Crippen molar-refractivity contribution in [3.63, 3.8) is 0 Å². The van der Waals surface area contributed by atoms with Crippen molar-refractivity contribution in [1.82, 2.24) is 9.62 Å². The summed E-state index contributed by atoms with van der Waals surface area (Å²) in [4.78, 5) is 14.5. The Balaban J connectivity index is 2.11. The Kier molecular flexibility index (Phi) is 5.13. The van der Waals surface area contributed by atoms with Crippen LogP contribution in [0.1, 0.15) is 27.2 Å². The maximum Gasteiger partial charge on any atom is 0.307 e. The number of hydrogen-bond donors (Lipinski definition) is 2. The second-order valence-corrected chi connectivity index (χ2v) is 8.14. The molecule has 0 aliphatic carbocycles. The number of methoxy groups -OCH3 is 1. The van der Waals surface area contributed by atoms with E-state index in [4.69, 9.17) is 4.74 Å². The van der Waals surface area contributed by atoms with E-state index in [9.17, 15) is 14.1 Å². The van der Waals surface area contributed by atoms with Gasteiger partial charge >= 0.3 is 5.97 Å². The lowest BCUT2D eigenvalue weighted by molar-refractivity contribution is -0.145. The number of hydrogen-bond acceptors (Lipinski definition) is 5. The van der Waals surface area contributed by atoms with Crippen molar-refractivity contribution in [3.05, 3.63) is 24.3 Å². The highest BCUT2D eigenvalue weighted by atomic mass is 32.2. The molecule has 6 nitrogen and oxygen atoms in total. The SMILES string of the molecule is COC(=O)CC1(NS(=O)c2ccc(O)cc2)CN(C(C)(C)C)C1. The highest BCUT2D eigenvalue weighted by Crippen LogP contribution is 2.32. The van der Waals surface area contributed by atoms with Gasteiger partial charge in [0, 0.05) is 18.6 Å². The van der Waals surface area contributed by atoms with Gasteiger partial charge in [-0.05, 0) is 45.0 Å². The Morgan fingerprint density at radius 3 is 2.39 bits per heavy atom. The molecular weight excluding hydrogens is 316 g/mol. The van der Waals surface area contributed by atoms with Gasteiger partial charge in [-0.1, -0.05) is 0 Å². The minimum atomic E-state index is -1.47. The standard InChI is InChI=1S/C16H24N2O4S/c1-15(2,3)18-10-16(11-18,9-14(20)22-4)17-23(21)13-7-5-12(19)6-8-13/h5-8,17,19H,9-11H2,1-4H3. The molecule has 1 unspecified atom stereocenters. The van der Waals surface area contributed by atoms with E-state index in [2.05, 4.69) is 30.4 Å². The monoisotopic (exact) mass is 340 g/mol. The average Bonchev–Trinajstić information content (AvgIpc) is 2.43. The van der Waals surface area contributed by atoms with Crippen molar-refractivity contribution >= 4 is 17.0 Å². The van der Waals surface area contributed by atoms with E-state index in [-0.39, 0.29) is 23.7 Å². The van der Waals surface area contributed by atoms with Crippen molar-refractivity contribution in [2.45, 2.75) is 43.2 Å². The molecule has 2 rings (SSSR count). The lowest BCUT2D eigenvalue weighted by Gasteiger charge is -2.55. The number of phenolic OH excluding ortho intramolecular Hbond substituents is 1. The van der Waals surface area contributed by atoms with Gasteiger partial charge in [-0.2, -0.15) is 0 Å². The van der Waals surface area contributed by atoms with Crippen LogP contribution in [-0.4, -0.2) is 51.5 Å². The van der Waals surface area contributed by atoms with Crippen LogP contribution in [0.3, 0.4) is 0 Å². The second-order valence-electron chi connectivity index (χ2n) is 6.92. The van der Waals surface area contributed by atoms with Crippen LogP contribution in [0.4, 0.5) is 0 Å². The van der Waals surface area contributed by atoms with E-state index in [1.165, 1.54) is 19.2 Å². The van der Waals surface area contributed by atoms with E-state index >= 15 is 0 Å². The molecule has 1 aliphatic rings. The van der Waals surface area contributed by atoms with E-state index in [0.29, 0.717) is 18.0 Å². The average molecular weight is 340 g/mol. The summed E-state index contributed by atoms with van der Waals surface area (Å²) >= 11 is 0. The number of nitrogens with one attached hydrogen (secondary N) is 1. The summed E-state index contributed by atoms with van der Waals surface area (Å²) in [6, 6.07) is 6.18. The summed E-state index contributed by atoms with van der Waals surface area (Å²) in [6.45, 7) is 7.55. The van der Waals surface area contributed by atoms with Gasteiger partial charge in [0.1, 0.15) is 16.7 Å². The predicted octanol–water partition coefficient (Wildman–Crippen LogP) is 1.42. The van der Waals surface area contributed by atoms with Crippen LogP contribution in [0.2, 0.25) is 0 Å². The molecule has 128 valence electrons. The van der Waals surface area contributed by atoms with Crippen molar-refractivity contribution in [3.8, 4) is 5.75 Å².